The third-order valence-electron chi connectivity index (χ3n) is 4.40. The first kappa shape index (κ1) is 21.6. The third kappa shape index (κ3) is 5.07. The van der Waals surface area contributed by atoms with Crippen molar-refractivity contribution in [2.75, 3.05) is 0 Å². The summed E-state index contributed by atoms with van der Waals surface area (Å²) in [5.41, 5.74) is 0.837. The smallest absolute Gasteiger partial charge is 0.399 e. The first-order chi connectivity index (χ1) is 14.2. The summed E-state index contributed by atoms with van der Waals surface area (Å²) in [6, 6.07) is 9.72. The van der Waals surface area contributed by atoms with Gasteiger partial charge in [-0.3, -0.25) is 0 Å². The van der Waals surface area contributed by atoms with E-state index in [1.165, 1.54) is 6.07 Å². The first-order valence-electron chi connectivity index (χ1n) is 9.16. The fourth-order valence-electron chi connectivity index (χ4n) is 2.96. The van der Waals surface area contributed by atoms with Crippen LogP contribution in [0.2, 0.25) is 0 Å². The van der Waals surface area contributed by atoms with Gasteiger partial charge in [0.25, 0.3) is 0 Å². The summed E-state index contributed by atoms with van der Waals surface area (Å²) in [7, 11) is 0. The van der Waals surface area contributed by atoms with Crippen LogP contribution in [0.1, 0.15) is 36.5 Å². The van der Waals surface area contributed by atoms with Crippen LogP contribution in [0.25, 0.3) is 10.8 Å². The zero-order valence-electron chi connectivity index (χ0n) is 15.8. The van der Waals surface area contributed by atoms with Crippen molar-refractivity contribution in [2.24, 2.45) is 0 Å². The van der Waals surface area contributed by atoms with Crippen molar-refractivity contribution in [3.8, 4) is 17.6 Å². The van der Waals surface area contributed by atoms with Crippen molar-refractivity contribution in [1.82, 2.24) is 0 Å². The molecule has 0 saturated heterocycles. The molecule has 0 aliphatic rings. The fourth-order valence-corrected chi connectivity index (χ4v) is 2.96. The summed E-state index contributed by atoms with van der Waals surface area (Å²) in [6.07, 6.45) is -2.27. The maximum Gasteiger partial charge on any atom is 0.573 e. The lowest BCUT2D eigenvalue weighted by Crippen LogP contribution is -2.19. The van der Waals surface area contributed by atoms with Gasteiger partial charge in [0, 0.05) is 10.9 Å². The van der Waals surface area contributed by atoms with Gasteiger partial charge in [-0.1, -0.05) is 49.5 Å². The second-order valence-electron chi connectivity index (χ2n) is 6.65. The molecule has 0 unspecified atom stereocenters. The van der Waals surface area contributed by atoms with Crippen LogP contribution in [0, 0.1) is 29.3 Å². The highest BCUT2D eigenvalue weighted by atomic mass is 19.4. The van der Waals surface area contributed by atoms with Crippen LogP contribution >= 0.6 is 0 Å². The van der Waals surface area contributed by atoms with E-state index in [0.29, 0.717) is 22.9 Å². The van der Waals surface area contributed by atoms with Crippen molar-refractivity contribution in [2.45, 2.75) is 32.5 Å². The van der Waals surface area contributed by atoms with Crippen molar-refractivity contribution in [3.63, 3.8) is 0 Å². The molecular formula is C23H16F6O. The van der Waals surface area contributed by atoms with E-state index in [0.717, 1.165) is 24.8 Å². The Labute approximate surface area is 169 Å². The molecule has 0 fully saturated rings. The Morgan fingerprint density at radius 3 is 2.23 bits per heavy atom. The van der Waals surface area contributed by atoms with Gasteiger partial charge >= 0.3 is 6.36 Å². The van der Waals surface area contributed by atoms with Gasteiger partial charge in [-0.25, -0.2) is 13.2 Å². The lowest BCUT2D eigenvalue weighted by molar-refractivity contribution is -0.276. The number of fused-ring (bicyclic) bond motifs is 1. The summed E-state index contributed by atoms with van der Waals surface area (Å²) in [5, 5.41) is 1.06. The molecule has 0 radical (unpaired) electrons. The van der Waals surface area contributed by atoms with E-state index < -0.39 is 29.6 Å². The standard InChI is InChI=1S/C23H16F6O/c1-2-3-4-14-6-10-18-17(11-14)9-8-16(21(18)26)7-5-15-12-19(24)22(20(25)13-15)30-23(27,28)29/h6,8-13H,2-4H2,1H3. The quantitative estimate of drug-likeness (QED) is 0.328. The van der Waals surface area contributed by atoms with Crippen LogP contribution < -0.4 is 4.74 Å². The van der Waals surface area contributed by atoms with Crippen LogP contribution in [-0.2, 0) is 6.42 Å². The summed E-state index contributed by atoms with van der Waals surface area (Å²) < 4.78 is 82.3. The molecule has 0 aliphatic carbocycles. The zero-order chi connectivity index (χ0) is 21.9. The molecule has 7 heteroatoms. The number of alkyl halides is 3. The number of halogens is 6. The van der Waals surface area contributed by atoms with E-state index in [2.05, 4.69) is 23.5 Å². The molecule has 0 heterocycles. The molecule has 3 aromatic carbocycles. The number of aryl methyl sites for hydroxylation is 1. The topological polar surface area (TPSA) is 9.23 Å². The number of ether oxygens (including phenoxy) is 1. The van der Waals surface area contributed by atoms with Crippen LogP contribution in [-0.4, -0.2) is 6.36 Å². The van der Waals surface area contributed by atoms with Gasteiger partial charge in [0.15, 0.2) is 11.6 Å². The molecule has 0 aliphatic heterocycles. The number of unbranched alkanes of at least 4 members (excludes halogenated alkanes) is 1. The molecule has 0 bridgehead atoms. The SMILES string of the molecule is CCCCc1ccc2c(F)c(C#Cc3cc(F)c(OC(F)(F)F)c(F)c3)ccc2c1. The van der Waals surface area contributed by atoms with E-state index in [-0.39, 0.29) is 11.1 Å². The lowest BCUT2D eigenvalue weighted by Gasteiger charge is -2.10. The Kier molecular flexibility index (Phi) is 6.25. The molecule has 30 heavy (non-hydrogen) atoms. The molecule has 0 atom stereocenters. The van der Waals surface area contributed by atoms with Crippen molar-refractivity contribution in [3.05, 3.63) is 76.6 Å². The van der Waals surface area contributed by atoms with E-state index in [1.807, 2.05) is 12.1 Å². The monoisotopic (exact) mass is 422 g/mol. The minimum atomic E-state index is -5.24. The lowest BCUT2D eigenvalue weighted by atomic mass is 10.0. The number of rotatable bonds is 4. The van der Waals surface area contributed by atoms with E-state index >= 15 is 0 Å². The molecule has 156 valence electrons. The second kappa shape index (κ2) is 8.70. The Bertz CT molecular complexity index is 1120. The van der Waals surface area contributed by atoms with Gasteiger partial charge < -0.3 is 4.74 Å². The zero-order valence-corrected chi connectivity index (χ0v) is 15.8. The minimum absolute atomic E-state index is 0.000225. The Hall–Kier alpha value is -3.14. The van der Waals surface area contributed by atoms with Gasteiger partial charge in [-0.15, -0.1) is 13.2 Å². The molecular weight excluding hydrogens is 406 g/mol. The van der Waals surface area contributed by atoms with Crippen LogP contribution in [0.3, 0.4) is 0 Å². The van der Waals surface area contributed by atoms with Crippen molar-refractivity contribution < 1.29 is 31.1 Å². The van der Waals surface area contributed by atoms with E-state index in [1.54, 1.807) is 12.1 Å². The predicted octanol–water partition coefficient (Wildman–Crippen LogP) is 6.90. The molecule has 0 aromatic heterocycles. The number of hydrogen-bond acceptors (Lipinski definition) is 1. The Morgan fingerprint density at radius 2 is 1.60 bits per heavy atom. The van der Waals surface area contributed by atoms with Gasteiger partial charge in [-0.2, -0.15) is 0 Å². The third-order valence-corrected chi connectivity index (χ3v) is 4.40. The summed E-state index contributed by atoms with van der Waals surface area (Å²) >= 11 is 0. The van der Waals surface area contributed by atoms with Gasteiger partial charge in [0.1, 0.15) is 5.82 Å². The fraction of sp³-hybridized carbons (Fsp3) is 0.217. The second-order valence-corrected chi connectivity index (χ2v) is 6.65. The number of benzene rings is 3. The maximum absolute atomic E-state index is 14.8. The van der Waals surface area contributed by atoms with Gasteiger partial charge in [-0.05, 0) is 42.0 Å². The van der Waals surface area contributed by atoms with Gasteiger partial charge in [0.2, 0.25) is 5.75 Å². The molecule has 3 rings (SSSR count). The van der Waals surface area contributed by atoms with Crippen molar-refractivity contribution in [1.29, 1.82) is 0 Å². The van der Waals surface area contributed by atoms with Gasteiger partial charge in [0.05, 0.1) is 5.56 Å². The Balaban J connectivity index is 1.91. The minimum Gasteiger partial charge on any atom is -0.399 e. The summed E-state index contributed by atoms with van der Waals surface area (Å²) in [6.45, 7) is 2.08. The van der Waals surface area contributed by atoms with E-state index in [9.17, 15) is 26.3 Å². The molecule has 0 spiro atoms. The summed E-state index contributed by atoms with van der Waals surface area (Å²) in [4.78, 5) is 0. The molecule has 0 saturated carbocycles. The van der Waals surface area contributed by atoms with E-state index in [4.69, 9.17) is 0 Å². The average Bonchev–Trinajstić information content (AvgIpc) is 2.68. The highest BCUT2D eigenvalue weighted by molar-refractivity contribution is 5.85. The molecule has 3 aromatic rings. The summed E-state index contributed by atoms with van der Waals surface area (Å²) in [5.74, 6) is -0.427. The van der Waals surface area contributed by atoms with Crippen LogP contribution in [0.4, 0.5) is 26.3 Å². The highest BCUT2D eigenvalue weighted by Crippen LogP contribution is 2.29. The van der Waals surface area contributed by atoms with Crippen molar-refractivity contribution >= 4 is 10.8 Å². The number of hydrogen-bond donors (Lipinski definition) is 0. The Morgan fingerprint density at radius 1 is 0.900 bits per heavy atom. The normalized spacial score (nSPS) is 11.3. The highest BCUT2D eigenvalue weighted by Gasteiger charge is 2.34. The predicted molar refractivity (Wildman–Crippen MR) is 102 cm³/mol. The molecule has 1 nitrogen and oxygen atoms in total. The maximum atomic E-state index is 14.8. The largest absolute Gasteiger partial charge is 0.573 e. The first-order valence-corrected chi connectivity index (χ1v) is 9.16. The van der Waals surface area contributed by atoms with Crippen LogP contribution in [0.5, 0.6) is 5.75 Å². The average molecular weight is 422 g/mol. The molecule has 0 amide bonds. The van der Waals surface area contributed by atoms with Crippen LogP contribution in [0.15, 0.2) is 42.5 Å². The molecule has 0 N–H and O–H groups in total.